The van der Waals surface area contributed by atoms with Crippen LogP contribution in [-0.2, 0) is 12.8 Å². The predicted octanol–water partition coefficient (Wildman–Crippen LogP) is 4.92. The fraction of sp³-hybridized carbons (Fsp3) is 0.400. The molecule has 7 heteroatoms. The van der Waals surface area contributed by atoms with Gasteiger partial charge in [0.2, 0.25) is 0 Å². The average Bonchev–Trinajstić information content (AvgIpc) is 2.59. The predicted molar refractivity (Wildman–Crippen MR) is 105 cm³/mol. The molecule has 1 aromatic carbocycles. The number of nitro benzene ring substituents is 1. The Labute approximate surface area is 163 Å². The second-order valence-corrected chi connectivity index (χ2v) is 8.42. The molecule has 3 rings (SSSR count). The van der Waals surface area contributed by atoms with Crippen molar-refractivity contribution in [3.05, 3.63) is 50.2 Å². The van der Waals surface area contributed by atoms with Gasteiger partial charge in [-0.15, -0.1) is 0 Å². The first-order chi connectivity index (χ1) is 12.6. The number of fused-ring (bicyclic) bond motifs is 1. The first-order valence-corrected chi connectivity index (χ1v) is 9.17. The van der Waals surface area contributed by atoms with Gasteiger partial charge in [-0.05, 0) is 42.2 Å². The van der Waals surface area contributed by atoms with Crippen LogP contribution in [0.3, 0.4) is 0 Å². The van der Waals surface area contributed by atoms with E-state index >= 15 is 0 Å². The lowest BCUT2D eigenvalue weighted by atomic mass is 9.70. The van der Waals surface area contributed by atoms with Crippen LogP contribution >= 0.6 is 11.6 Å². The van der Waals surface area contributed by atoms with Crippen molar-refractivity contribution < 1.29 is 4.92 Å². The zero-order chi connectivity index (χ0) is 19.9. The minimum atomic E-state index is -0.471. The van der Waals surface area contributed by atoms with Gasteiger partial charge in [-0.1, -0.05) is 32.4 Å². The largest absolute Gasteiger partial charge is 0.383 e. The number of nitro groups is 1. The van der Waals surface area contributed by atoms with Crippen LogP contribution in [0, 0.1) is 32.8 Å². The summed E-state index contributed by atoms with van der Waals surface area (Å²) < 4.78 is 0. The number of nitrogens with zero attached hydrogens (tertiary/aromatic N) is 3. The van der Waals surface area contributed by atoms with E-state index in [-0.39, 0.29) is 22.5 Å². The molecule has 140 valence electrons. The molecule has 0 spiro atoms. The van der Waals surface area contributed by atoms with Crippen molar-refractivity contribution in [2.75, 3.05) is 5.73 Å². The van der Waals surface area contributed by atoms with Gasteiger partial charge in [-0.2, -0.15) is 5.26 Å². The molecule has 2 N–H and O–H groups in total. The van der Waals surface area contributed by atoms with Gasteiger partial charge >= 0.3 is 0 Å². The van der Waals surface area contributed by atoms with Crippen LogP contribution in [0.15, 0.2) is 18.2 Å². The van der Waals surface area contributed by atoms with Crippen molar-refractivity contribution in [1.29, 1.82) is 5.26 Å². The summed E-state index contributed by atoms with van der Waals surface area (Å²) >= 11 is 6.39. The lowest BCUT2D eigenvalue weighted by Crippen LogP contribution is -2.28. The molecule has 0 saturated heterocycles. The third-order valence-electron chi connectivity index (χ3n) is 5.36. The number of non-ortho nitro benzene ring substituents is 1. The summed E-state index contributed by atoms with van der Waals surface area (Å²) in [6.07, 6.45) is 2.47. The molecular weight excluding hydrogens is 364 g/mol. The highest BCUT2D eigenvalue weighted by Gasteiger charge is 2.33. The van der Waals surface area contributed by atoms with Crippen LogP contribution in [0.4, 0.5) is 11.5 Å². The zero-order valence-electron chi connectivity index (χ0n) is 15.5. The summed E-state index contributed by atoms with van der Waals surface area (Å²) in [6, 6.07) is 6.38. The quantitative estimate of drug-likeness (QED) is 0.584. The van der Waals surface area contributed by atoms with E-state index in [9.17, 15) is 15.4 Å². The molecular formula is C20H21ClN4O2. The summed E-state index contributed by atoms with van der Waals surface area (Å²) in [5.41, 5.74) is 9.12. The van der Waals surface area contributed by atoms with Gasteiger partial charge in [0.25, 0.3) is 5.69 Å². The number of hydrogen-bond acceptors (Lipinski definition) is 5. The zero-order valence-corrected chi connectivity index (χ0v) is 16.3. The van der Waals surface area contributed by atoms with Gasteiger partial charge in [-0.3, -0.25) is 10.1 Å². The molecule has 0 radical (unpaired) electrons. The first kappa shape index (κ1) is 19.1. The maximum absolute atomic E-state index is 11.2. The second-order valence-electron chi connectivity index (χ2n) is 8.01. The van der Waals surface area contributed by atoms with E-state index in [1.165, 1.54) is 18.2 Å². The highest BCUT2D eigenvalue weighted by Crippen LogP contribution is 2.44. The Hall–Kier alpha value is -2.65. The Morgan fingerprint density at radius 1 is 1.41 bits per heavy atom. The number of halogens is 1. The molecule has 1 aliphatic carbocycles. The molecule has 1 aliphatic rings. The number of anilines is 1. The maximum Gasteiger partial charge on any atom is 0.270 e. The lowest BCUT2D eigenvalue weighted by Gasteiger charge is -2.35. The minimum Gasteiger partial charge on any atom is -0.383 e. The highest BCUT2D eigenvalue weighted by molar-refractivity contribution is 6.33. The molecule has 0 fully saturated rings. The molecule has 6 nitrogen and oxygen atoms in total. The minimum absolute atomic E-state index is 0.0781. The van der Waals surface area contributed by atoms with Crippen molar-refractivity contribution in [3.8, 4) is 17.2 Å². The third kappa shape index (κ3) is 3.47. The fourth-order valence-corrected chi connectivity index (χ4v) is 3.96. The standard InChI is InChI=1S/C20H21ClN4O2/c1-20(2,3)11-4-7-17-14(8-11)18(15(10-22)19(23)24-17)13-9-12(25(26)27)5-6-16(13)21/h5-6,9,11H,4,7-8H2,1-3H3,(H2,23,24). The Balaban J connectivity index is 2.30. The van der Waals surface area contributed by atoms with E-state index in [0.29, 0.717) is 22.1 Å². The van der Waals surface area contributed by atoms with Crippen LogP contribution in [-0.4, -0.2) is 9.91 Å². The number of aryl methyl sites for hydroxylation is 1. The summed E-state index contributed by atoms with van der Waals surface area (Å²) in [5, 5.41) is 21.3. The number of pyridine rings is 1. The van der Waals surface area contributed by atoms with E-state index in [2.05, 4.69) is 31.8 Å². The fourth-order valence-electron chi connectivity index (χ4n) is 3.75. The van der Waals surface area contributed by atoms with Crippen molar-refractivity contribution >= 4 is 23.1 Å². The summed E-state index contributed by atoms with van der Waals surface area (Å²) in [7, 11) is 0. The number of aromatic nitrogens is 1. The van der Waals surface area contributed by atoms with Crippen molar-refractivity contribution in [2.45, 2.75) is 40.0 Å². The molecule has 0 amide bonds. The van der Waals surface area contributed by atoms with E-state index in [0.717, 1.165) is 30.5 Å². The Kier molecular flexibility index (Phi) is 4.83. The molecule has 27 heavy (non-hydrogen) atoms. The molecule has 1 aromatic heterocycles. The number of nitriles is 1. The van der Waals surface area contributed by atoms with Gasteiger partial charge in [0, 0.05) is 34.0 Å². The maximum atomic E-state index is 11.2. The molecule has 1 unspecified atom stereocenters. The molecule has 1 heterocycles. The van der Waals surface area contributed by atoms with Crippen molar-refractivity contribution in [2.24, 2.45) is 11.3 Å². The van der Waals surface area contributed by atoms with Crippen molar-refractivity contribution in [1.82, 2.24) is 4.98 Å². The van der Waals surface area contributed by atoms with Crippen LogP contribution in [0.2, 0.25) is 5.02 Å². The Bertz CT molecular complexity index is 973. The number of nitrogen functional groups attached to an aromatic ring is 1. The van der Waals surface area contributed by atoms with Crippen LogP contribution in [0.5, 0.6) is 0 Å². The topological polar surface area (TPSA) is 106 Å². The van der Waals surface area contributed by atoms with Gasteiger partial charge in [0.15, 0.2) is 0 Å². The Morgan fingerprint density at radius 3 is 2.70 bits per heavy atom. The molecule has 0 aliphatic heterocycles. The second kappa shape index (κ2) is 6.82. The van der Waals surface area contributed by atoms with E-state index in [1.54, 1.807) is 0 Å². The monoisotopic (exact) mass is 384 g/mol. The molecule has 2 aromatic rings. The number of nitrogens with two attached hydrogens (primary N) is 1. The van der Waals surface area contributed by atoms with E-state index in [1.807, 2.05) is 0 Å². The smallest absolute Gasteiger partial charge is 0.270 e. The lowest BCUT2D eigenvalue weighted by molar-refractivity contribution is -0.384. The molecule has 0 bridgehead atoms. The van der Waals surface area contributed by atoms with E-state index < -0.39 is 4.92 Å². The SMILES string of the molecule is CC(C)(C)C1CCc2nc(N)c(C#N)c(-c3cc([N+](=O)[O-])ccc3Cl)c2C1. The molecule has 1 atom stereocenters. The normalized spacial score (nSPS) is 16.5. The van der Waals surface area contributed by atoms with Gasteiger partial charge in [-0.25, -0.2) is 4.98 Å². The summed E-state index contributed by atoms with van der Waals surface area (Å²) in [4.78, 5) is 15.2. The van der Waals surface area contributed by atoms with Gasteiger partial charge in [0.1, 0.15) is 17.5 Å². The number of rotatable bonds is 2. The first-order valence-electron chi connectivity index (χ1n) is 8.79. The summed E-state index contributed by atoms with van der Waals surface area (Å²) in [6.45, 7) is 6.58. The van der Waals surface area contributed by atoms with Crippen LogP contribution in [0.1, 0.15) is 44.0 Å². The average molecular weight is 385 g/mol. The summed E-state index contributed by atoms with van der Waals surface area (Å²) in [5.74, 6) is 0.543. The Morgan fingerprint density at radius 2 is 2.11 bits per heavy atom. The van der Waals surface area contributed by atoms with Gasteiger partial charge < -0.3 is 5.73 Å². The van der Waals surface area contributed by atoms with Crippen LogP contribution in [0.25, 0.3) is 11.1 Å². The molecule has 0 saturated carbocycles. The van der Waals surface area contributed by atoms with E-state index in [4.69, 9.17) is 17.3 Å². The number of hydrogen-bond donors (Lipinski definition) is 1. The highest BCUT2D eigenvalue weighted by atomic mass is 35.5. The van der Waals surface area contributed by atoms with Crippen LogP contribution < -0.4 is 5.73 Å². The number of benzene rings is 1. The third-order valence-corrected chi connectivity index (χ3v) is 5.69. The van der Waals surface area contributed by atoms with Gasteiger partial charge in [0.05, 0.1) is 4.92 Å². The van der Waals surface area contributed by atoms with Crippen molar-refractivity contribution in [3.63, 3.8) is 0 Å².